The summed E-state index contributed by atoms with van der Waals surface area (Å²) in [6, 6.07) is 2.89. The highest BCUT2D eigenvalue weighted by Gasteiger charge is 2.06. The van der Waals surface area contributed by atoms with Gasteiger partial charge in [-0.15, -0.1) is 0 Å². The minimum absolute atomic E-state index is 0.267. The van der Waals surface area contributed by atoms with Crippen molar-refractivity contribution < 1.29 is 9.68 Å². The average Bonchev–Trinajstić information content (AvgIpc) is 2.01. The van der Waals surface area contributed by atoms with E-state index in [1.807, 2.05) is 0 Å². The van der Waals surface area contributed by atoms with Crippen LogP contribution < -0.4 is 4.65 Å². The molecule has 0 amide bonds. The Morgan fingerprint density at radius 3 is 2.08 bits per heavy atom. The summed E-state index contributed by atoms with van der Waals surface area (Å²) in [5.74, 6) is 0.330. The molecule has 1 rings (SSSR count). The van der Waals surface area contributed by atoms with Gasteiger partial charge in [0.15, 0.2) is 0 Å². The lowest BCUT2D eigenvalue weighted by atomic mass is 10.3. The fourth-order valence-electron chi connectivity index (χ4n) is 0.661. The molecule has 63 valence electrons. The quantitative estimate of drug-likeness (QED) is 0.618. The molecule has 0 aliphatic rings. The molecule has 0 saturated heterocycles. The molecule has 1 N–H and O–H groups in total. The molecule has 0 spiro atoms. The summed E-state index contributed by atoms with van der Waals surface area (Å²) in [6.07, 6.45) is 0. The van der Waals surface area contributed by atoms with Gasteiger partial charge in [0.05, 0.1) is 15.1 Å². The second-order valence-corrected chi connectivity index (χ2v) is 3.12. The lowest BCUT2D eigenvalue weighted by Crippen LogP contribution is -1.99. The summed E-state index contributed by atoms with van der Waals surface area (Å²) >= 11 is 17.0. The molecular formula is C6H3BCl3O2. The monoisotopic (exact) mass is 223 g/mol. The maximum atomic E-state index is 8.30. The Labute approximate surface area is 85.3 Å². The van der Waals surface area contributed by atoms with Crippen LogP contribution in [0.15, 0.2) is 12.1 Å². The molecule has 0 unspecified atom stereocenters. The first kappa shape index (κ1) is 10.00. The van der Waals surface area contributed by atoms with Crippen molar-refractivity contribution in [3.05, 3.63) is 27.2 Å². The number of rotatable bonds is 2. The van der Waals surface area contributed by atoms with Crippen molar-refractivity contribution in [2.24, 2.45) is 0 Å². The fraction of sp³-hybridized carbons (Fsp3) is 0. The lowest BCUT2D eigenvalue weighted by Gasteiger charge is -2.04. The van der Waals surface area contributed by atoms with Crippen LogP contribution in [0.5, 0.6) is 5.75 Å². The average molecular weight is 224 g/mol. The molecule has 0 saturated carbocycles. The summed E-state index contributed by atoms with van der Waals surface area (Å²) in [4.78, 5) is 0. The van der Waals surface area contributed by atoms with E-state index in [0.717, 1.165) is 0 Å². The van der Waals surface area contributed by atoms with Crippen molar-refractivity contribution in [2.75, 3.05) is 0 Å². The van der Waals surface area contributed by atoms with Crippen molar-refractivity contribution >= 4 is 42.5 Å². The number of benzene rings is 1. The third-order valence-corrected chi connectivity index (χ3v) is 2.34. The van der Waals surface area contributed by atoms with Gasteiger partial charge in [-0.05, 0) is 12.1 Å². The number of hydrogen-bond donors (Lipinski definition) is 1. The maximum Gasteiger partial charge on any atom is 0.569 e. The van der Waals surface area contributed by atoms with E-state index < -0.39 is 0 Å². The van der Waals surface area contributed by atoms with E-state index in [0.29, 0.717) is 13.4 Å². The first-order chi connectivity index (χ1) is 5.65. The number of halogens is 3. The van der Waals surface area contributed by atoms with Crippen LogP contribution in [0.2, 0.25) is 15.1 Å². The van der Waals surface area contributed by atoms with Crippen LogP contribution in [0.25, 0.3) is 0 Å². The Morgan fingerprint density at radius 1 is 1.17 bits per heavy atom. The summed E-state index contributed by atoms with van der Waals surface area (Å²) in [5.41, 5.74) is 0. The van der Waals surface area contributed by atoms with Crippen LogP contribution in [0.1, 0.15) is 0 Å². The zero-order valence-corrected chi connectivity index (χ0v) is 7.99. The molecule has 0 aliphatic heterocycles. The van der Waals surface area contributed by atoms with Gasteiger partial charge >= 0.3 is 7.69 Å². The molecular weight excluding hydrogens is 221 g/mol. The highest BCUT2D eigenvalue weighted by atomic mass is 35.5. The molecule has 1 radical (unpaired) electrons. The van der Waals surface area contributed by atoms with Crippen LogP contribution in [0.3, 0.4) is 0 Å². The van der Waals surface area contributed by atoms with Gasteiger partial charge in [-0.1, -0.05) is 34.8 Å². The Kier molecular flexibility index (Phi) is 3.53. The van der Waals surface area contributed by atoms with Gasteiger partial charge in [0.25, 0.3) is 0 Å². The highest BCUT2D eigenvalue weighted by molar-refractivity contribution is 6.48. The van der Waals surface area contributed by atoms with Gasteiger partial charge in [0, 0.05) is 0 Å². The molecule has 0 atom stereocenters. The molecule has 0 fully saturated rings. The minimum atomic E-state index is 0.267. The van der Waals surface area contributed by atoms with Crippen LogP contribution in [0.4, 0.5) is 0 Å². The van der Waals surface area contributed by atoms with Crippen molar-refractivity contribution in [1.82, 2.24) is 0 Å². The normalized spacial score (nSPS) is 9.67. The van der Waals surface area contributed by atoms with Gasteiger partial charge in [0.2, 0.25) is 0 Å². The van der Waals surface area contributed by atoms with E-state index in [4.69, 9.17) is 39.8 Å². The molecule has 6 heteroatoms. The topological polar surface area (TPSA) is 29.5 Å². The van der Waals surface area contributed by atoms with Gasteiger partial charge in [0.1, 0.15) is 5.75 Å². The molecule has 2 nitrogen and oxygen atoms in total. The second kappa shape index (κ2) is 4.24. The van der Waals surface area contributed by atoms with Crippen LogP contribution in [0, 0.1) is 0 Å². The minimum Gasteiger partial charge on any atom is -0.537 e. The summed E-state index contributed by atoms with van der Waals surface area (Å²) < 4.78 is 4.63. The SMILES string of the molecule is O[B]Oc1cc(Cl)c(Cl)c(Cl)c1. The summed E-state index contributed by atoms with van der Waals surface area (Å²) in [7, 11) is 0.538. The van der Waals surface area contributed by atoms with E-state index in [1.54, 1.807) is 0 Å². The zero-order valence-electron chi connectivity index (χ0n) is 5.72. The summed E-state index contributed by atoms with van der Waals surface area (Å²) in [5, 5.41) is 9.13. The third-order valence-electron chi connectivity index (χ3n) is 1.15. The van der Waals surface area contributed by atoms with Gasteiger partial charge < -0.3 is 9.68 Å². The largest absolute Gasteiger partial charge is 0.569 e. The Hall–Kier alpha value is -0.0851. The van der Waals surface area contributed by atoms with E-state index in [9.17, 15) is 0 Å². The predicted molar refractivity (Wildman–Crippen MR) is 50.1 cm³/mol. The standard InChI is InChI=1S/C6H3BCl3O2/c8-4-1-3(12-7-11)2-5(9)6(4)10/h1-2,11H. The van der Waals surface area contributed by atoms with Crippen molar-refractivity contribution in [1.29, 1.82) is 0 Å². The van der Waals surface area contributed by atoms with Crippen LogP contribution in [-0.4, -0.2) is 12.7 Å². The second-order valence-electron chi connectivity index (χ2n) is 1.92. The molecule has 1 aromatic carbocycles. The van der Waals surface area contributed by atoms with E-state index in [-0.39, 0.29) is 15.1 Å². The lowest BCUT2D eigenvalue weighted by molar-refractivity contribution is 0.454. The maximum absolute atomic E-state index is 8.30. The Bertz CT molecular complexity index is 269. The fourth-order valence-corrected chi connectivity index (χ4v) is 1.24. The zero-order chi connectivity index (χ0) is 9.14. The van der Waals surface area contributed by atoms with E-state index >= 15 is 0 Å². The van der Waals surface area contributed by atoms with Gasteiger partial charge in [-0.3, -0.25) is 0 Å². The Morgan fingerprint density at radius 2 is 1.67 bits per heavy atom. The molecule has 0 aromatic heterocycles. The Balaban J connectivity index is 3.04. The summed E-state index contributed by atoms with van der Waals surface area (Å²) in [6.45, 7) is 0. The van der Waals surface area contributed by atoms with Gasteiger partial charge in [-0.25, -0.2) is 0 Å². The molecule has 0 heterocycles. The third kappa shape index (κ3) is 2.20. The van der Waals surface area contributed by atoms with Crippen molar-refractivity contribution in [3.63, 3.8) is 0 Å². The van der Waals surface area contributed by atoms with Gasteiger partial charge in [-0.2, -0.15) is 0 Å². The van der Waals surface area contributed by atoms with Crippen molar-refractivity contribution in [3.8, 4) is 5.75 Å². The molecule has 0 bridgehead atoms. The van der Waals surface area contributed by atoms with Crippen LogP contribution in [-0.2, 0) is 0 Å². The first-order valence-corrected chi connectivity index (χ1v) is 4.05. The predicted octanol–water partition coefficient (Wildman–Crippen LogP) is 2.55. The molecule has 1 aromatic rings. The van der Waals surface area contributed by atoms with E-state index in [2.05, 4.69) is 4.65 Å². The van der Waals surface area contributed by atoms with E-state index in [1.165, 1.54) is 12.1 Å². The molecule has 12 heavy (non-hydrogen) atoms. The number of hydrogen-bond acceptors (Lipinski definition) is 2. The smallest absolute Gasteiger partial charge is 0.537 e. The molecule has 0 aliphatic carbocycles. The highest BCUT2D eigenvalue weighted by Crippen LogP contribution is 2.33. The van der Waals surface area contributed by atoms with Crippen molar-refractivity contribution in [2.45, 2.75) is 0 Å². The van der Waals surface area contributed by atoms with Crippen LogP contribution >= 0.6 is 34.8 Å². The first-order valence-electron chi connectivity index (χ1n) is 2.92.